The standard InChI is InChI=1S/C15H22N2O3.ClH/c1-19-13-6-5-12(7-14(13)20-2)9-17-15(18)10-16-8-11-3-4-11;/h5-7,11,16H,3-4,8-10H2,1-2H3,(H,17,18);1H. The summed E-state index contributed by atoms with van der Waals surface area (Å²) in [4.78, 5) is 11.7. The average Bonchev–Trinajstić information content (AvgIpc) is 3.29. The molecule has 0 unspecified atom stereocenters. The largest absolute Gasteiger partial charge is 0.493 e. The molecule has 0 heterocycles. The van der Waals surface area contributed by atoms with Crippen LogP contribution in [0.1, 0.15) is 18.4 Å². The highest BCUT2D eigenvalue weighted by atomic mass is 35.5. The number of hydrogen-bond donors (Lipinski definition) is 2. The van der Waals surface area contributed by atoms with Crippen molar-refractivity contribution in [2.45, 2.75) is 19.4 Å². The van der Waals surface area contributed by atoms with Gasteiger partial charge in [-0.05, 0) is 43.0 Å². The Bertz CT molecular complexity index is 464. The van der Waals surface area contributed by atoms with E-state index in [9.17, 15) is 4.79 Å². The van der Waals surface area contributed by atoms with Crippen LogP contribution < -0.4 is 20.1 Å². The third-order valence-corrected chi connectivity index (χ3v) is 3.35. The molecule has 0 aromatic heterocycles. The molecule has 6 heteroatoms. The Morgan fingerprint density at radius 2 is 1.95 bits per heavy atom. The number of nitrogens with one attached hydrogen (secondary N) is 2. The second kappa shape index (κ2) is 8.74. The van der Waals surface area contributed by atoms with E-state index in [1.165, 1.54) is 12.8 Å². The van der Waals surface area contributed by atoms with Gasteiger partial charge in [0.2, 0.25) is 5.91 Å². The molecule has 5 nitrogen and oxygen atoms in total. The number of halogens is 1. The molecular weight excluding hydrogens is 292 g/mol. The molecule has 1 fully saturated rings. The molecule has 1 aliphatic rings. The summed E-state index contributed by atoms with van der Waals surface area (Å²) in [6, 6.07) is 5.63. The van der Waals surface area contributed by atoms with Crippen molar-refractivity contribution in [3.63, 3.8) is 0 Å². The Labute approximate surface area is 131 Å². The maximum Gasteiger partial charge on any atom is 0.234 e. The summed E-state index contributed by atoms with van der Waals surface area (Å²) in [5.74, 6) is 2.16. The summed E-state index contributed by atoms with van der Waals surface area (Å²) in [5.41, 5.74) is 0.984. The van der Waals surface area contributed by atoms with Crippen LogP contribution in [-0.2, 0) is 11.3 Å². The normalized spacial score (nSPS) is 13.2. The van der Waals surface area contributed by atoms with Crippen molar-refractivity contribution in [3.05, 3.63) is 23.8 Å². The van der Waals surface area contributed by atoms with E-state index in [0.717, 1.165) is 18.0 Å². The molecule has 0 aliphatic heterocycles. The van der Waals surface area contributed by atoms with E-state index >= 15 is 0 Å². The van der Waals surface area contributed by atoms with Gasteiger partial charge in [-0.15, -0.1) is 12.4 Å². The summed E-state index contributed by atoms with van der Waals surface area (Å²) in [7, 11) is 3.20. The lowest BCUT2D eigenvalue weighted by atomic mass is 10.2. The Balaban J connectivity index is 0.00000220. The first kappa shape index (κ1) is 17.6. The molecule has 0 saturated heterocycles. The highest BCUT2D eigenvalue weighted by Crippen LogP contribution is 2.28. The van der Waals surface area contributed by atoms with Gasteiger partial charge in [0.05, 0.1) is 20.8 Å². The number of methoxy groups -OCH3 is 2. The smallest absolute Gasteiger partial charge is 0.234 e. The lowest BCUT2D eigenvalue weighted by molar-refractivity contribution is -0.120. The van der Waals surface area contributed by atoms with Crippen LogP contribution in [0.2, 0.25) is 0 Å². The van der Waals surface area contributed by atoms with Gasteiger partial charge in [0.1, 0.15) is 0 Å². The fraction of sp³-hybridized carbons (Fsp3) is 0.533. The molecule has 0 atom stereocenters. The molecule has 2 N–H and O–H groups in total. The van der Waals surface area contributed by atoms with Crippen LogP contribution in [0.4, 0.5) is 0 Å². The second-order valence-electron chi connectivity index (χ2n) is 5.04. The molecule has 1 aromatic rings. The maximum atomic E-state index is 11.7. The minimum absolute atomic E-state index is 0. The summed E-state index contributed by atoms with van der Waals surface area (Å²) < 4.78 is 10.4. The third-order valence-electron chi connectivity index (χ3n) is 3.35. The number of amides is 1. The van der Waals surface area contributed by atoms with Crippen molar-refractivity contribution in [2.75, 3.05) is 27.3 Å². The minimum atomic E-state index is 0. The molecule has 1 saturated carbocycles. The highest BCUT2D eigenvalue weighted by molar-refractivity contribution is 5.85. The van der Waals surface area contributed by atoms with Gasteiger partial charge >= 0.3 is 0 Å². The lowest BCUT2D eigenvalue weighted by Crippen LogP contribution is -2.34. The summed E-state index contributed by atoms with van der Waals surface area (Å²) in [6.45, 7) is 1.82. The van der Waals surface area contributed by atoms with Crippen molar-refractivity contribution in [1.82, 2.24) is 10.6 Å². The number of ether oxygens (including phenoxy) is 2. The Morgan fingerprint density at radius 3 is 2.57 bits per heavy atom. The lowest BCUT2D eigenvalue weighted by Gasteiger charge is -2.10. The van der Waals surface area contributed by atoms with Crippen LogP contribution in [0.25, 0.3) is 0 Å². The van der Waals surface area contributed by atoms with Crippen molar-refractivity contribution in [3.8, 4) is 11.5 Å². The summed E-state index contributed by atoms with van der Waals surface area (Å²) in [6.07, 6.45) is 2.58. The van der Waals surface area contributed by atoms with Crippen LogP contribution >= 0.6 is 12.4 Å². The predicted molar refractivity (Wildman–Crippen MR) is 84.2 cm³/mol. The number of rotatable bonds is 8. The topological polar surface area (TPSA) is 59.6 Å². The van der Waals surface area contributed by atoms with Gasteiger partial charge in [0.25, 0.3) is 0 Å². The summed E-state index contributed by atoms with van der Waals surface area (Å²) in [5, 5.41) is 6.05. The van der Waals surface area contributed by atoms with Crippen LogP contribution in [0.3, 0.4) is 0 Å². The summed E-state index contributed by atoms with van der Waals surface area (Å²) >= 11 is 0. The number of benzene rings is 1. The van der Waals surface area contributed by atoms with E-state index in [2.05, 4.69) is 10.6 Å². The van der Waals surface area contributed by atoms with Crippen molar-refractivity contribution >= 4 is 18.3 Å². The van der Waals surface area contributed by atoms with E-state index in [-0.39, 0.29) is 18.3 Å². The quantitative estimate of drug-likeness (QED) is 0.767. The van der Waals surface area contributed by atoms with Crippen LogP contribution in [-0.4, -0.2) is 33.2 Å². The first-order valence-electron chi connectivity index (χ1n) is 6.91. The monoisotopic (exact) mass is 314 g/mol. The Kier molecular flexibility index (Phi) is 7.32. The van der Waals surface area contributed by atoms with Gasteiger partial charge in [-0.3, -0.25) is 4.79 Å². The van der Waals surface area contributed by atoms with Crippen molar-refractivity contribution < 1.29 is 14.3 Å². The predicted octanol–water partition coefficient (Wildman–Crippen LogP) is 1.74. The Hall–Kier alpha value is -1.46. The number of carbonyl (C=O) groups excluding carboxylic acids is 1. The molecule has 118 valence electrons. The van der Waals surface area contributed by atoms with Crippen LogP contribution in [0.15, 0.2) is 18.2 Å². The van der Waals surface area contributed by atoms with Crippen molar-refractivity contribution in [1.29, 1.82) is 0 Å². The molecule has 1 aliphatic carbocycles. The van der Waals surface area contributed by atoms with Gasteiger partial charge in [0, 0.05) is 6.54 Å². The van der Waals surface area contributed by atoms with Gasteiger partial charge in [0.15, 0.2) is 11.5 Å². The zero-order chi connectivity index (χ0) is 14.4. The van der Waals surface area contributed by atoms with Crippen LogP contribution in [0.5, 0.6) is 11.5 Å². The van der Waals surface area contributed by atoms with Gasteiger partial charge in [-0.2, -0.15) is 0 Å². The molecule has 2 rings (SSSR count). The molecule has 0 radical (unpaired) electrons. The van der Waals surface area contributed by atoms with Gasteiger partial charge in [-0.25, -0.2) is 0 Å². The highest BCUT2D eigenvalue weighted by Gasteiger charge is 2.20. The second-order valence-corrected chi connectivity index (χ2v) is 5.04. The third kappa shape index (κ3) is 5.81. The average molecular weight is 315 g/mol. The van der Waals surface area contributed by atoms with E-state index in [1.54, 1.807) is 14.2 Å². The van der Waals surface area contributed by atoms with Crippen LogP contribution in [0, 0.1) is 5.92 Å². The molecule has 0 spiro atoms. The fourth-order valence-electron chi connectivity index (χ4n) is 1.97. The fourth-order valence-corrected chi connectivity index (χ4v) is 1.97. The first-order chi connectivity index (χ1) is 9.72. The minimum Gasteiger partial charge on any atom is -0.493 e. The first-order valence-corrected chi connectivity index (χ1v) is 6.91. The van der Waals surface area contributed by atoms with E-state index < -0.39 is 0 Å². The van der Waals surface area contributed by atoms with E-state index in [0.29, 0.717) is 24.6 Å². The molecule has 1 aromatic carbocycles. The number of carbonyl (C=O) groups is 1. The molecule has 1 amide bonds. The van der Waals surface area contributed by atoms with Crippen molar-refractivity contribution in [2.24, 2.45) is 5.92 Å². The van der Waals surface area contributed by atoms with Gasteiger partial charge < -0.3 is 20.1 Å². The Morgan fingerprint density at radius 1 is 1.24 bits per heavy atom. The van der Waals surface area contributed by atoms with E-state index in [4.69, 9.17) is 9.47 Å². The molecular formula is C15H23ClN2O3. The number of hydrogen-bond acceptors (Lipinski definition) is 4. The molecule has 21 heavy (non-hydrogen) atoms. The SMILES string of the molecule is COc1ccc(CNC(=O)CNCC2CC2)cc1OC.Cl. The molecule has 0 bridgehead atoms. The maximum absolute atomic E-state index is 11.7. The zero-order valence-electron chi connectivity index (χ0n) is 12.5. The zero-order valence-corrected chi connectivity index (χ0v) is 13.3. The van der Waals surface area contributed by atoms with E-state index in [1.807, 2.05) is 18.2 Å². The van der Waals surface area contributed by atoms with Gasteiger partial charge in [-0.1, -0.05) is 6.07 Å².